The minimum atomic E-state index is -0.270. The fourth-order valence-corrected chi connectivity index (χ4v) is 2.08. The number of hydrogen-bond acceptors (Lipinski definition) is 3. The highest BCUT2D eigenvalue weighted by Gasteiger charge is 2.08. The lowest BCUT2D eigenvalue weighted by Crippen LogP contribution is -2.14. The third-order valence-electron chi connectivity index (χ3n) is 2.90. The number of amides is 1. The van der Waals surface area contributed by atoms with Crippen molar-refractivity contribution in [3.05, 3.63) is 46.9 Å². The topological polar surface area (TPSA) is 54.3 Å². The SMILES string of the molecule is CCc1ccc(CNc2cc(Cl)ccc2NC(=O)CCl)o1. The van der Waals surface area contributed by atoms with Gasteiger partial charge in [-0.05, 0) is 30.3 Å². The van der Waals surface area contributed by atoms with E-state index in [-0.39, 0.29) is 11.8 Å². The van der Waals surface area contributed by atoms with Crippen LogP contribution < -0.4 is 10.6 Å². The van der Waals surface area contributed by atoms with E-state index in [2.05, 4.69) is 10.6 Å². The van der Waals surface area contributed by atoms with Gasteiger partial charge in [0.15, 0.2) is 0 Å². The van der Waals surface area contributed by atoms with Crippen LogP contribution in [0.1, 0.15) is 18.4 Å². The van der Waals surface area contributed by atoms with Crippen LogP contribution in [0.3, 0.4) is 0 Å². The number of carbonyl (C=O) groups is 1. The van der Waals surface area contributed by atoms with E-state index in [4.69, 9.17) is 27.6 Å². The maximum Gasteiger partial charge on any atom is 0.239 e. The summed E-state index contributed by atoms with van der Waals surface area (Å²) in [7, 11) is 0. The van der Waals surface area contributed by atoms with E-state index in [0.717, 1.165) is 23.6 Å². The number of furan rings is 1. The van der Waals surface area contributed by atoms with Crippen molar-refractivity contribution in [2.75, 3.05) is 16.5 Å². The van der Waals surface area contributed by atoms with E-state index in [1.165, 1.54) is 0 Å². The molecule has 2 rings (SSSR count). The first kappa shape index (κ1) is 15.7. The van der Waals surface area contributed by atoms with Gasteiger partial charge >= 0.3 is 0 Å². The largest absolute Gasteiger partial charge is 0.464 e. The molecule has 0 spiro atoms. The summed E-state index contributed by atoms with van der Waals surface area (Å²) in [6.07, 6.45) is 0.855. The quantitative estimate of drug-likeness (QED) is 0.779. The Bertz CT molecular complexity index is 626. The number of anilines is 2. The number of benzene rings is 1. The summed E-state index contributed by atoms with van der Waals surface area (Å²) < 4.78 is 5.62. The summed E-state index contributed by atoms with van der Waals surface area (Å²) in [6.45, 7) is 2.54. The molecule has 0 fully saturated rings. The first-order chi connectivity index (χ1) is 10.1. The third-order valence-corrected chi connectivity index (χ3v) is 3.37. The van der Waals surface area contributed by atoms with Crippen molar-refractivity contribution in [2.24, 2.45) is 0 Å². The molecule has 0 aliphatic heterocycles. The second kappa shape index (κ2) is 7.38. The summed E-state index contributed by atoms with van der Waals surface area (Å²) >= 11 is 11.5. The molecule has 1 aromatic carbocycles. The molecule has 0 aliphatic rings. The first-order valence-corrected chi connectivity index (χ1v) is 7.50. The molecular formula is C15H16Cl2N2O2. The summed E-state index contributed by atoms with van der Waals surface area (Å²) in [5.41, 5.74) is 1.35. The number of rotatable bonds is 6. The monoisotopic (exact) mass is 326 g/mol. The van der Waals surface area contributed by atoms with E-state index in [1.54, 1.807) is 18.2 Å². The predicted molar refractivity (Wildman–Crippen MR) is 86.2 cm³/mol. The Morgan fingerprint density at radius 1 is 1.19 bits per heavy atom. The highest BCUT2D eigenvalue weighted by molar-refractivity contribution is 6.31. The lowest BCUT2D eigenvalue weighted by Gasteiger charge is -2.12. The minimum absolute atomic E-state index is 0.0971. The Labute approximate surface area is 133 Å². The Hall–Kier alpha value is -1.65. The van der Waals surface area contributed by atoms with Crippen molar-refractivity contribution < 1.29 is 9.21 Å². The van der Waals surface area contributed by atoms with Gasteiger partial charge in [-0.1, -0.05) is 18.5 Å². The maximum absolute atomic E-state index is 11.4. The maximum atomic E-state index is 11.4. The molecule has 1 heterocycles. The smallest absolute Gasteiger partial charge is 0.239 e. The number of carbonyl (C=O) groups excluding carboxylic acids is 1. The van der Waals surface area contributed by atoms with E-state index < -0.39 is 0 Å². The molecule has 2 N–H and O–H groups in total. The molecule has 2 aromatic rings. The second-order valence-electron chi connectivity index (χ2n) is 4.45. The van der Waals surface area contributed by atoms with Gasteiger partial charge in [-0.15, -0.1) is 11.6 Å². The van der Waals surface area contributed by atoms with Gasteiger partial charge in [0.2, 0.25) is 5.91 Å². The molecule has 1 aromatic heterocycles. The first-order valence-electron chi connectivity index (χ1n) is 6.59. The molecule has 0 saturated heterocycles. The van der Waals surface area contributed by atoms with Crippen LogP contribution in [0.4, 0.5) is 11.4 Å². The molecule has 112 valence electrons. The Morgan fingerprint density at radius 2 is 1.95 bits per heavy atom. The zero-order valence-electron chi connectivity index (χ0n) is 11.6. The minimum Gasteiger partial charge on any atom is -0.464 e. The van der Waals surface area contributed by atoms with Crippen LogP contribution in [0, 0.1) is 0 Å². The molecule has 0 bridgehead atoms. The van der Waals surface area contributed by atoms with Crippen LogP contribution in [-0.4, -0.2) is 11.8 Å². The molecule has 0 radical (unpaired) electrons. The molecule has 4 nitrogen and oxygen atoms in total. The van der Waals surface area contributed by atoms with Crippen molar-refractivity contribution in [3.63, 3.8) is 0 Å². The van der Waals surface area contributed by atoms with Crippen molar-refractivity contribution in [1.82, 2.24) is 0 Å². The summed E-state index contributed by atoms with van der Waals surface area (Å²) in [5, 5.41) is 6.50. The van der Waals surface area contributed by atoms with Gasteiger partial charge in [0.05, 0.1) is 17.9 Å². The zero-order valence-corrected chi connectivity index (χ0v) is 13.1. The lowest BCUT2D eigenvalue weighted by molar-refractivity contribution is -0.113. The molecule has 6 heteroatoms. The highest BCUT2D eigenvalue weighted by atomic mass is 35.5. The summed E-state index contributed by atoms with van der Waals surface area (Å²) in [4.78, 5) is 11.4. The molecular weight excluding hydrogens is 311 g/mol. The fraction of sp³-hybridized carbons (Fsp3) is 0.267. The van der Waals surface area contributed by atoms with Gasteiger partial charge in [0.1, 0.15) is 17.4 Å². The van der Waals surface area contributed by atoms with Gasteiger partial charge in [0.25, 0.3) is 0 Å². The number of nitrogens with one attached hydrogen (secondary N) is 2. The molecule has 1 amide bonds. The van der Waals surface area contributed by atoms with E-state index in [0.29, 0.717) is 17.3 Å². The fourth-order valence-electron chi connectivity index (χ4n) is 1.85. The normalized spacial score (nSPS) is 10.4. The average molecular weight is 327 g/mol. The second-order valence-corrected chi connectivity index (χ2v) is 5.15. The van der Waals surface area contributed by atoms with Crippen LogP contribution >= 0.6 is 23.2 Å². The number of aryl methyl sites for hydroxylation is 1. The molecule has 21 heavy (non-hydrogen) atoms. The Balaban J connectivity index is 2.10. The zero-order chi connectivity index (χ0) is 15.2. The van der Waals surface area contributed by atoms with E-state index in [1.807, 2.05) is 19.1 Å². The van der Waals surface area contributed by atoms with Crippen molar-refractivity contribution in [2.45, 2.75) is 19.9 Å². The molecule has 0 atom stereocenters. The van der Waals surface area contributed by atoms with Crippen molar-refractivity contribution >= 4 is 40.5 Å². The predicted octanol–water partition coefficient (Wildman–Crippen LogP) is 4.28. The van der Waals surface area contributed by atoms with Crippen LogP contribution in [0.2, 0.25) is 5.02 Å². The van der Waals surface area contributed by atoms with E-state index >= 15 is 0 Å². The average Bonchev–Trinajstić information content (AvgIpc) is 2.95. The van der Waals surface area contributed by atoms with Gasteiger partial charge in [-0.2, -0.15) is 0 Å². The highest BCUT2D eigenvalue weighted by Crippen LogP contribution is 2.26. The van der Waals surface area contributed by atoms with Gasteiger partial charge < -0.3 is 15.1 Å². The lowest BCUT2D eigenvalue weighted by atomic mass is 10.2. The van der Waals surface area contributed by atoms with E-state index in [9.17, 15) is 4.79 Å². The third kappa shape index (κ3) is 4.41. The van der Waals surface area contributed by atoms with Crippen LogP contribution in [0.15, 0.2) is 34.7 Å². The van der Waals surface area contributed by atoms with Crippen molar-refractivity contribution in [1.29, 1.82) is 0 Å². The number of alkyl halides is 1. The number of hydrogen-bond donors (Lipinski definition) is 2. The summed E-state index contributed by atoms with van der Waals surface area (Å²) in [5.74, 6) is 1.39. The molecule has 0 unspecified atom stereocenters. The van der Waals surface area contributed by atoms with Crippen LogP contribution in [0.5, 0.6) is 0 Å². The van der Waals surface area contributed by atoms with Gasteiger partial charge in [-0.25, -0.2) is 0 Å². The summed E-state index contributed by atoms with van der Waals surface area (Å²) in [6, 6.07) is 9.06. The van der Waals surface area contributed by atoms with Crippen molar-refractivity contribution in [3.8, 4) is 0 Å². The number of halogens is 2. The Kier molecular flexibility index (Phi) is 5.53. The van der Waals surface area contributed by atoms with Gasteiger partial charge in [-0.3, -0.25) is 4.79 Å². The Morgan fingerprint density at radius 3 is 2.62 bits per heavy atom. The standard InChI is InChI=1S/C15H16Cl2N2O2/c1-2-11-4-5-12(21-11)9-18-14-7-10(17)3-6-13(14)19-15(20)8-16/h3-7,18H,2,8-9H2,1H3,(H,19,20). The van der Waals surface area contributed by atoms with Crippen LogP contribution in [-0.2, 0) is 17.8 Å². The van der Waals surface area contributed by atoms with Gasteiger partial charge in [0, 0.05) is 11.4 Å². The molecule has 0 saturated carbocycles. The van der Waals surface area contributed by atoms with Crippen LogP contribution in [0.25, 0.3) is 0 Å². The molecule has 0 aliphatic carbocycles.